The largest absolute Gasteiger partial charge is 0.443 e. The van der Waals surface area contributed by atoms with E-state index in [2.05, 4.69) is 31.5 Å². The summed E-state index contributed by atoms with van der Waals surface area (Å²) in [5, 5.41) is 16.1. The predicted molar refractivity (Wildman–Crippen MR) is 135 cm³/mol. The van der Waals surface area contributed by atoms with Crippen LogP contribution >= 0.6 is 15.9 Å². The van der Waals surface area contributed by atoms with Crippen LogP contribution in [-0.2, 0) is 14.4 Å². The minimum Gasteiger partial charge on any atom is -0.443 e. The average Bonchev–Trinajstić information content (AvgIpc) is 3.41. The average molecular weight is 549 g/mol. The molecule has 3 amide bonds. The highest BCUT2D eigenvalue weighted by atomic mass is 79.9. The normalized spacial score (nSPS) is 19.8. The van der Waals surface area contributed by atoms with E-state index in [0.717, 1.165) is 16.8 Å². The number of aliphatic hydroxyl groups is 1. The molecule has 1 aromatic heterocycles. The number of benzene rings is 1. The second-order valence-corrected chi connectivity index (χ2v) is 10.6. The molecule has 4 atom stereocenters. The number of aryl methyl sites for hydroxylation is 1. The van der Waals surface area contributed by atoms with Gasteiger partial charge in [0, 0.05) is 18.5 Å². The maximum atomic E-state index is 13.4. The Kier molecular flexibility index (Phi) is 8.38. The number of halogens is 1. The molecule has 3 N–H and O–H groups in total. The van der Waals surface area contributed by atoms with Crippen molar-refractivity contribution in [2.45, 2.75) is 65.3 Å². The summed E-state index contributed by atoms with van der Waals surface area (Å²) in [5.41, 5.74) is 1.98. The van der Waals surface area contributed by atoms with E-state index in [1.54, 1.807) is 0 Å². The molecule has 0 bridgehead atoms. The Balaban J connectivity index is 1.73. The third-order valence-electron chi connectivity index (χ3n) is 6.18. The second-order valence-electron chi connectivity index (χ2n) is 10.0. The lowest BCUT2D eigenvalue weighted by molar-refractivity contribution is -0.143. The van der Waals surface area contributed by atoms with Crippen LogP contribution in [0.2, 0.25) is 0 Å². The predicted octanol–water partition coefficient (Wildman–Crippen LogP) is 2.71. The minimum atomic E-state index is -0.835. The molecule has 0 aliphatic carbocycles. The lowest BCUT2D eigenvalue weighted by Gasteiger charge is -2.35. The fraction of sp³-hybridized carbons (Fsp3) is 0.520. The van der Waals surface area contributed by atoms with Crippen molar-refractivity contribution in [1.29, 1.82) is 0 Å². The van der Waals surface area contributed by atoms with Gasteiger partial charge in [0.05, 0.1) is 23.2 Å². The molecule has 1 aliphatic heterocycles. The molecule has 9 nitrogen and oxygen atoms in total. The molecule has 35 heavy (non-hydrogen) atoms. The van der Waals surface area contributed by atoms with Gasteiger partial charge in [-0.25, -0.2) is 4.98 Å². The van der Waals surface area contributed by atoms with Crippen LogP contribution in [0.1, 0.15) is 51.4 Å². The molecule has 10 heteroatoms. The topological polar surface area (TPSA) is 125 Å². The number of rotatable bonds is 7. The zero-order valence-corrected chi connectivity index (χ0v) is 22.3. The molecule has 0 unspecified atom stereocenters. The summed E-state index contributed by atoms with van der Waals surface area (Å²) in [4.78, 5) is 44.1. The van der Waals surface area contributed by atoms with Crippen LogP contribution in [0.25, 0.3) is 11.3 Å². The van der Waals surface area contributed by atoms with Gasteiger partial charge >= 0.3 is 0 Å². The number of carbonyl (C=O) groups is 3. The molecular formula is C25H33BrN4O5. The number of hydrogen-bond acceptors (Lipinski definition) is 6. The summed E-state index contributed by atoms with van der Waals surface area (Å²) in [5.74, 6) is -0.362. The number of aromatic nitrogens is 1. The Hall–Kier alpha value is -2.72. The Bertz CT molecular complexity index is 1060. The number of amides is 3. The van der Waals surface area contributed by atoms with Crippen molar-refractivity contribution in [2.24, 2.45) is 5.41 Å². The van der Waals surface area contributed by atoms with Gasteiger partial charge in [-0.2, -0.15) is 0 Å². The van der Waals surface area contributed by atoms with E-state index in [0.29, 0.717) is 5.76 Å². The summed E-state index contributed by atoms with van der Waals surface area (Å²) in [6, 6.07) is 5.62. The Labute approximate surface area is 213 Å². The van der Waals surface area contributed by atoms with Crippen molar-refractivity contribution in [1.82, 2.24) is 20.5 Å². The number of carbonyl (C=O) groups excluding carboxylic acids is 3. The van der Waals surface area contributed by atoms with E-state index in [1.807, 2.05) is 58.9 Å². The molecule has 2 heterocycles. The molecule has 0 spiro atoms. The van der Waals surface area contributed by atoms with E-state index in [9.17, 15) is 19.5 Å². The quantitative estimate of drug-likeness (QED) is 0.457. The first-order valence-corrected chi connectivity index (χ1v) is 12.7. The number of alkyl halides is 1. The van der Waals surface area contributed by atoms with Crippen LogP contribution in [0, 0.1) is 12.3 Å². The minimum absolute atomic E-state index is 0.0350. The van der Waals surface area contributed by atoms with Crippen molar-refractivity contribution in [3.8, 4) is 11.3 Å². The monoisotopic (exact) mass is 548 g/mol. The van der Waals surface area contributed by atoms with Gasteiger partial charge in [0.15, 0.2) is 12.2 Å². The van der Waals surface area contributed by atoms with Crippen LogP contribution in [0.15, 0.2) is 35.1 Å². The Morgan fingerprint density at radius 3 is 2.43 bits per heavy atom. The van der Waals surface area contributed by atoms with E-state index in [-0.39, 0.29) is 42.1 Å². The van der Waals surface area contributed by atoms with Crippen LogP contribution in [0.5, 0.6) is 0 Å². The third-order valence-corrected chi connectivity index (χ3v) is 6.69. The highest BCUT2D eigenvalue weighted by Gasteiger charge is 2.44. The first-order chi connectivity index (χ1) is 16.4. The van der Waals surface area contributed by atoms with Crippen molar-refractivity contribution < 1.29 is 23.9 Å². The van der Waals surface area contributed by atoms with Crippen molar-refractivity contribution >= 4 is 33.7 Å². The summed E-state index contributed by atoms with van der Waals surface area (Å²) in [7, 11) is 0. The molecule has 3 rings (SSSR count). The summed E-state index contributed by atoms with van der Waals surface area (Å²) < 4.78 is 5.43. The van der Waals surface area contributed by atoms with Gasteiger partial charge in [-0.1, -0.05) is 61.0 Å². The van der Waals surface area contributed by atoms with Crippen LogP contribution in [0.4, 0.5) is 0 Å². The lowest BCUT2D eigenvalue weighted by Crippen LogP contribution is -2.58. The van der Waals surface area contributed by atoms with Gasteiger partial charge in [0.2, 0.25) is 17.7 Å². The van der Waals surface area contributed by atoms with Crippen molar-refractivity contribution in [3.63, 3.8) is 0 Å². The van der Waals surface area contributed by atoms with Crippen LogP contribution < -0.4 is 10.6 Å². The van der Waals surface area contributed by atoms with E-state index < -0.39 is 23.6 Å². The SMILES string of the molecule is Cc1ncoc1-c1ccc([C@H](C)NC(=O)[C@@H]2C[C@@H](O)CN2C(=O)[C@@H](NC(=O)CBr)C(C)(C)C)cc1. The van der Waals surface area contributed by atoms with Gasteiger partial charge in [-0.05, 0) is 24.8 Å². The molecule has 1 aliphatic rings. The van der Waals surface area contributed by atoms with Gasteiger partial charge < -0.3 is 25.1 Å². The van der Waals surface area contributed by atoms with Crippen LogP contribution in [-0.4, -0.2) is 62.8 Å². The highest BCUT2D eigenvalue weighted by molar-refractivity contribution is 9.09. The molecule has 1 saturated heterocycles. The fourth-order valence-corrected chi connectivity index (χ4v) is 4.38. The highest BCUT2D eigenvalue weighted by Crippen LogP contribution is 2.28. The van der Waals surface area contributed by atoms with E-state index in [4.69, 9.17) is 4.42 Å². The standard InChI is InChI=1S/C25H33BrN4O5/c1-14(16-6-8-17(9-7-16)21-15(2)27-13-35-21)28-23(33)19-10-18(31)12-30(19)24(34)22(25(3,4)5)29-20(32)11-26/h6-9,13-14,18-19,22,31H,10-12H2,1-5H3,(H,28,33)(H,29,32)/t14-,18+,19-,22+/m0/s1. The number of hydrogen-bond donors (Lipinski definition) is 3. The first kappa shape index (κ1) is 26.9. The number of nitrogens with one attached hydrogen (secondary N) is 2. The van der Waals surface area contributed by atoms with Crippen molar-refractivity contribution in [2.75, 3.05) is 11.9 Å². The number of oxazole rings is 1. The maximum absolute atomic E-state index is 13.4. The van der Waals surface area contributed by atoms with E-state index >= 15 is 0 Å². The molecule has 0 saturated carbocycles. The molecule has 190 valence electrons. The summed E-state index contributed by atoms with van der Waals surface area (Å²) in [6.45, 7) is 9.30. The lowest BCUT2D eigenvalue weighted by atomic mass is 9.85. The van der Waals surface area contributed by atoms with Crippen LogP contribution in [0.3, 0.4) is 0 Å². The molecule has 1 fully saturated rings. The molecule has 2 aromatic rings. The summed E-state index contributed by atoms with van der Waals surface area (Å²) in [6.07, 6.45) is 0.721. The number of likely N-dealkylation sites (tertiary alicyclic amines) is 1. The smallest absolute Gasteiger partial charge is 0.246 e. The molecule has 1 aromatic carbocycles. The Morgan fingerprint density at radius 2 is 1.89 bits per heavy atom. The van der Waals surface area contributed by atoms with Gasteiger partial charge in [-0.3, -0.25) is 14.4 Å². The molecule has 0 radical (unpaired) electrons. The zero-order chi connectivity index (χ0) is 25.9. The maximum Gasteiger partial charge on any atom is 0.246 e. The van der Waals surface area contributed by atoms with Gasteiger partial charge in [0.1, 0.15) is 12.1 Å². The zero-order valence-electron chi connectivity index (χ0n) is 20.7. The van der Waals surface area contributed by atoms with Crippen molar-refractivity contribution in [3.05, 3.63) is 41.9 Å². The third kappa shape index (κ3) is 6.29. The molecular weight excluding hydrogens is 516 g/mol. The Morgan fingerprint density at radius 1 is 1.23 bits per heavy atom. The summed E-state index contributed by atoms with van der Waals surface area (Å²) >= 11 is 3.11. The number of aliphatic hydroxyl groups excluding tert-OH is 1. The second kappa shape index (κ2) is 10.9. The number of β-amino-alcohol motifs (C(OH)–C–C–N with tert-alkyl or cyclic N) is 1. The van der Waals surface area contributed by atoms with Gasteiger partial charge in [0.25, 0.3) is 0 Å². The number of nitrogens with zero attached hydrogens (tertiary/aromatic N) is 2. The fourth-order valence-electron chi connectivity index (χ4n) is 4.22. The van der Waals surface area contributed by atoms with E-state index in [1.165, 1.54) is 11.3 Å². The first-order valence-electron chi connectivity index (χ1n) is 11.6. The van der Waals surface area contributed by atoms with Gasteiger partial charge in [-0.15, -0.1) is 0 Å².